The zero-order valence-corrected chi connectivity index (χ0v) is 19.2. The molecule has 4 rings (SSSR count). The molecule has 0 spiro atoms. The molecule has 31 heavy (non-hydrogen) atoms. The van der Waals surface area contributed by atoms with Gasteiger partial charge in [-0.25, -0.2) is 4.99 Å². The highest BCUT2D eigenvalue weighted by molar-refractivity contribution is 5.84. The third-order valence-electron chi connectivity index (χ3n) is 7.06. The van der Waals surface area contributed by atoms with E-state index in [1.54, 1.807) is 6.20 Å². The number of hydrogen-bond donors (Lipinski definition) is 0. The molecule has 0 N–H and O–H groups in total. The van der Waals surface area contributed by atoms with Crippen LogP contribution in [0, 0.1) is 5.92 Å². The van der Waals surface area contributed by atoms with Gasteiger partial charge in [-0.05, 0) is 73.1 Å². The van der Waals surface area contributed by atoms with E-state index in [1.807, 2.05) is 0 Å². The second kappa shape index (κ2) is 10.3. The molecule has 0 atom stereocenters. The Hall–Kier alpha value is -2.33. The van der Waals surface area contributed by atoms with Gasteiger partial charge in [-0.15, -0.1) is 0 Å². The molecule has 2 aromatic rings. The monoisotopic (exact) mass is 419 g/mol. The fourth-order valence-corrected chi connectivity index (χ4v) is 5.00. The van der Waals surface area contributed by atoms with Gasteiger partial charge < -0.3 is 9.64 Å². The summed E-state index contributed by atoms with van der Waals surface area (Å²) in [7, 11) is 0. The Morgan fingerprint density at radius 3 is 2.45 bits per heavy atom. The van der Waals surface area contributed by atoms with Gasteiger partial charge >= 0.3 is 0 Å². The van der Waals surface area contributed by atoms with E-state index in [0.717, 1.165) is 50.2 Å². The molecule has 1 saturated heterocycles. The summed E-state index contributed by atoms with van der Waals surface area (Å²) in [6.45, 7) is 13.3. The molecule has 0 aromatic heterocycles. The van der Waals surface area contributed by atoms with Crippen molar-refractivity contribution < 1.29 is 4.74 Å². The van der Waals surface area contributed by atoms with Crippen molar-refractivity contribution in [2.45, 2.75) is 58.6 Å². The molecular weight excluding hydrogens is 382 g/mol. The Bertz CT molecular complexity index is 906. The Kier molecular flexibility index (Phi) is 7.29. The fourth-order valence-electron chi connectivity index (χ4n) is 5.00. The highest BCUT2D eigenvalue weighted by atomic mass is 16.5. The first kappa shape index (κ1) is 21.9. The van der Waals surface area contributed by atoms with Crippen LogP contribution in [0.2, 0.25) is 0 Å². The topological polar surface area (TPSA) is 28.1 Å². The summed E-state index contributed by atoms with van der Waals surface area (Å²) < 4.78 is 6.33. The molecule has 2 aliphatic rings. The van der Waals surface area contributed by atoms with Crippen LogP contribution in [0.4, 0.5) is 0 Å². The minimum Gasteiger partial charge on any atom is -0.490 e. The first-order valence-corrected chi connectivity index (χ1v) is 12.0. The fraction of sp³-hybridized carbons (Fsp3) is 0.519. The summed E-state index contributed by atoms with van der Waals surface area (Å²) in [6.07, 6.45) is 8.34. The van der Waals surface area contributed by atoms with Crippen LogP contribution in [0.15, 0.2) is 54.2 Å². The van der Waals surface area contributed by atoms with E-state index in [0.29, 0.717) is 6.10 Å². The van der Waals surface area contributed by atoms with Crippen molar-refractivity contribution >= 4 is 16.6 Å². The Balaban J connectivity index is 1.33. The second-order valence-corrected chi connectivity index (χ2v) is 9.13. The molecule has 0 unspecified atom stereocenters. The minimum absolute atomic E-state index is 0.387. The van der Waals surface area contributed by atoms with Gasteiger partial charge in [-0.3, -0.25) is 4.90 Å². The lowest BCUT2D eigenvalue weighted by molar-refractivity contribution is 0.130. The van der Waals surface area contributed by atoms with E-state index < -0.39 is 0 Å². The van der Waals surface area contributed by atoms with Gasteiger partial charge in [-0.2, -0.15) is 0 Å². The van der Waals surface area contributed by atoms with E-state index >= 15 is 0 Å². The number of fused-ring (bicyclic) bond motifs is 1. The maximum absolute atomic E-state index is 6.33. The number of piperazine rings is 1. The van der Waals surface area contributed by atoms with Crippen molar-refractivity contribution in [1.82, 2.24) is 9.80 Å². The second-order valence-electron chi connectivity index (χ2n) is 9.13. The molecule has 0 amide bonds. The quantitative estimate of drug-likeness (QED) is 0.433. The maximum Gasteiger partial charge on any atom is 0.120 e. The summed E-state index contributed by atoms with van der Waals surface area (Å²) in [4.78, 5) is 9.19. The molecule has 2 fully saturated rings. The van der Waals surface area contributed by atoms with Crippen LogP contribution in [0.5, 0.6) is 5.75 Å². The lowest BCUT2D eigenvalue weighted by atomic mass is 9.86. The smallest absolute Gasteiger partial charge is 0.120 e. The third-order valence-corrected chi connectivity index (χ3v) is 7.06. The highest BCUT2D eigenvalue weighted by Gasteiger charge is 2.21. The average Bonchev–Trinajstić information content (AvgIpc) is 2.80. The van der Waals surface area contributed by atoms with Crippen LogP contribution in [0.1, 0.15) is 51.5 Å². The summed E-state index contributed by atoms with van der Waals surface area (Å²) >= 11 is 0. The number of ether oxygens (including phenoxy) is 1. The van der Waals surface area contributed by atoms with Crippen molar-refractivity contribution in [3.05, 3.63) is 54.7 Å². The van der Waals surface area contributed by atoms with Crippen LogP contribution in [-0.2, 0) is 6.54 Å². The number of rotatable bonds is 6. The van der Waals surface area contributed by atoms with Gasteiger partial charge in [0.1, 0.15) is 11.6 Å². The van der Waals surface area contributed by atoms with Gasteiger partial charge in [0.05, 0.1) is 6.10 Å². The van der Waals surface area contributed by atoms with Gasteiger partial charge in [0.2, 0.25) is 0 Å². The largest absolute Gasteiger partial charge is 0.490 e. The first-order valence-electron chi connectivity index (χ1n) is 12.0. The van der Waals surface area contributed by atoms with E-state index in [2.05, 4.69) is 71.6 Å². The average molecular weight is 420 g/mol. The van der Waals surface area contributed by atoms with Gasteiger partial charge in [-0.1, -0.05) is 38.1 Å². The van der Waals surface area contributed by atoms with Crippen LogP contribution in [0.25, 0.3) is 10.8 Å². The standard InChI is InChI=1S/C27H37N3O/c1-4-22-7-11-26(12-8-22)31-27-13-10-24-18-23(6-9-25(24)19-27)20-29-14-16-30(17-15-29)21(3)28-5-2/h5-6,9-10,13,18-19,22,26H,2,4,7-8,11-12,14-17,20H2,1,3H3. The van der Waals surface area contributed by atoms with Gasteiger partial charge in [0, 0.05) is 38.9 Å². The number of amidine groups is 1. The SMILES string of the molecule is C=CN=C(C)N1CCN(Cc2ccc3cc(OC4CCC(CC)CC4)ccc3c2)CC1. The van der Waals surface area contributed by atoms with Crippen LogP contribution in [0.3, 0.4) is 0 Å². The summed E-state index contributed by atoms with van der Waals surface area (Å²) in [5, 5.41) is 2.57. The van der Waals surface area contributed by atoms with E-state index in [4.69, 9.17) is 4.74 Å². The van der Waals surface area contributed by atoms with Gasteiger partial charge in [0.15, 0.2) is 0 Å². The zero-order valence-electron chi connectivity index (χ0n) is 19.2. The lowest BCUT2D eigenvalue weighted by Crippen LogP contribution is -2.47. The molecule has 1 heterocycles. The summed E-state index contributed by atoms with van der Waals surface area (Å²) in [5.74, 6) is 2.99. The van der Waals surface area contributed by atoms with Crippen molar-refractivity contribution in [2.75, 3.05) is 26.2 Å². The van der Waals surface area contributed by atoms with E-state index in [9.17, 15) is 0 Å². The molecule has 4 nitrogen and oxygen atoms in total. The van der Waals surface area contributed by atoms with E-state index in [-0.39, 0.29) is 0 Å². The van der Waals surface area contributed by atoms with Crippen LogP contribution in [-0.4, -0.2) is 47.9 Å². The van der Waals surface area contributed by atoms with E-state index in [1.165, 1.54) is 48.4 Å². The van der Waals surface area contributed by atoms with Crippen molar-refractivity contribution in [3.63, 3.8) is 0 Å². The third kappa shape index (κ3) is 5.68. The molecule has 0 bridgehead atoms. The molecular formula is C27H37N3O. The number of benzene rings is 2. The predicted octanol–water partition coefficient (Wildman–Crippen LogP) is 5.87. The normalized spacial score (nSPS) is 23.2. The molecule has 0 radical (unpaired) electrons. The first-order chi connectivity index (χ1) is 15.1. The molecule has 166 valence electrons. The number of aliphatic imine (C=N–C) groups is 1. The predicted molar refractivity (Wildman–Crippen MR) is 131 cm³/mol. The molecule has 2 aromatic carbocycles. The molecule has 1 aliphatic carbocycles. The Morgan fingerprint density at radius 1 is 1.03 bits per heavy atom. The zero-order chi connectivity index (χ0) is 21.6. The highest BCUT2D eigenvalue weighted by Crippen LogP contribution is 2.30. The Labute approximate surface area is 187 Å². The maximum atomic E-state index is 6.33. The van der Waals surface area contributed by atoms with Gasteiger partial charge in [0.25, 0.3) is 0 Å². The van der Waals surface area contributed by atoms with Crippen molar-refractivity contribution in [2.24, 2.45) is 10.9 Å². The molecule has 1 aliphatic heterocycles. The van der Waals surface area contributed by atoms with Crippen LogP contribution < -0.4 is 4.74 Å². The number of nitrogens with zero attached hydrogens (tertiary/aromatic N) is 3. The summed E-state index contributed by atoms with van der Waals surface area (Å²) in [6, 6.07) is 13.4. The summed E-state index contributed by atoms with van der Waals surface area (Å²) in [5.41, 5.74) is 1.38. The number of hydrogen-bond acceptors (Lipinski definition) is 3. The van der Waals surface area contributed by atoms with Crippen LogP contribution >= 0.6 is 0 Å². The minimum atomic E-state index is 0.387. The molecule has 1 saturated carbocycles. The molecule has 4 heteroatoms. The lowest BCUT2D eigenvalue weighted by Gasteiger charge is -2.35. The van der Waals surface area contributed by atoms with Crippen molar-refractivity contribution in [1.29, 1.82) is 0 Å². The Morgan fingerprint density at radius 2 is 1.74 bits per heavy atom. The van der Waals surface area contributed by atoms with Crippen molar-refractivity contribution in [3.8, 4) is 5.75 Å².